The van der Waals surface area contributed by atoms with Gasteiger partial charge in [-0.05, 0) is 54.8 Å². The Kier molecular flexibility index (Phi) is 3.66. The molecular formula is C17H12ClNO4. The Labute approximate surface area is 137 Å². The summed E-state index contributed by atoms with van der Waals surface area (Å²) in [4.78, 5) is 22.7. The van der Waals surface area contributed by atoms with Crippen LogP contribution in [0.4, 0.5) is 5.69 Å². The zero-order valence-electron chi connectivity index (χ0n) is 12.4. The van der Waals surface area contributed by atoms with Crippen LogP contribution in [-0.2, 0) is 0 Å². The summed E-state index contributed by atoms with van der Waals surface area (Å²) < 4.78 is 5.64. The Morgan fingerprint density at radius 2 is 1.87 bits per heavy atom. The minimum absolute atomic E-state index is 0.00708. The summed E-state index contributed by atoms with van der Waals surface area (Å²) in [5.74, 6) is 0.430. The second-order valence-electron chi connectivity index (χ2n) is 5.29. The Bertz CT molecular complexity index is 869. The number of hydrogen-bond donors (Lipinski definition) is 0. The van der Waals surface area contributed by atoms with Gasteiger partial charge in [0.2, 0.25) is 5.78 Å². The monoisotopic (exact) mass is 329 g/mol. The van der Waals surface area contributed by atoms with Gasteiger partial charge in [0.25, 0.3) is 5.69 Å². The number of Topliss-reactive ketones (excluding diaryl/α,β-unsaturated/α-hetero) is 1. The van der Waals surface area contributed by atoms with Crippen LogP contribution in [0.25, 0.3) is 6.08 Å². The molecule has 0 unspecified atom stereocenters. The van der Waals surface area contributed by atoms with Crippen LogP contribution >= 0.6 is 11.6 Å². The average molecular weight is 330 g/mol. The van der Waals surface area contributed by atoms with Crippen molar-refractivity contribution in [1.29, 1.82) is 0 Å². The molecule has 0 bridgehead atoms. The molecule has 6 heteroatoms. The van der Waals surface area contributed by atoms with E-state index in [2.05, 4.69) is 0 Å². The van der Waals surface area contributed by atoms with E-state index >= 15 is 0 Å². The Balaban J connectivity index is 1.98. The highest BCUT2D eigenvalue weighted by Gasteiger charge is 2.30. The molecule has 1 aliphatic heterocycles. The Hall–Kier alpha value is -2.66. The number of carbonyl (C=O) groups excluding carboxylic acids is 1. The van der Waals surface area contributed by atoms with Crippen LogP contribution in [0.1, 0.15) is 27.0 Å². The number of fused-ring (bicyclic) bond motifs is 1. The summed E-state index contributed by atoms with van der Waals surface area (Å²) in [6.45, 7) is 3.63. The van der Waals surface area contributed by atoms with E-state index in [-0.39, 0.29) is 17.2 Å². The van der Waals surface area contributed by atoms with E-state index in [4.69, 9.17) is 16.3 Å². The van der Waals surface area contributed by atoms with Crippen LogP contribution in [0.3, 0.4) is 0 Å². The third-order valence-corrected chi connectivity index (χ3v) is 4.30. The zero-order chi connectivity index (χ0) is 16.7. The fourth-order valence-corrected chi connectivity index (χ4v) is 2.66. The second-order valence-corrected chi connectivity index (χ2v) is 5.67. The third kappa shape index (κ3) is 2.59. The lowest BCUT2D eigenvalue weighted by Gasteiger charge is -2.05. The highest BCUT2D eigenvalue weighted by molar-refractivity contribution is 6.33. The molecule has 0 saturated heterocycles. The summed E-state index contributed by atoms with van der Waals surface area (Å²) in [5.41, 5.74) is 2.64. The Morgan fingerprint density at radius 3 is 2.48 bits per heavy atom. The lowest BCUT2D eigenvalue weighted by molar-refractivity contribution is -0.384. The molecule has 116 valence electrons. The van der Waals surface area contributed by atoms with E-state index in [0.29, 0.717) is 27.5 Å². The maximum Gasteiger partial charge on any atom is 0.269 e. The predicted octanol–water partition coefficient (Wildman–Crippen LogP) is 4.48. The van der Waals surface area contributed by atoms with Crippen LogP contribution in [0, 0.1) is 24.0 Å². The number of ether oxygens (including phenoxy) is 1. The quantitative estimate of drug-likeness (QED) is 0.462. The molecule has 0 N–H and O–H groups in total. The predicted molar refractivity (Wildman–Crippen MR) is 87.0 cm³/mol. The number of allylic oxidation sites excluding steroid dienone is 1. The largest absolute Gasteiger partial charge is 0.452 e. The van der Waals surface area contributed by atoms with Gasteiger partial charge in [-0.1, -0.05) is 11.6 Å². The lowest BCUT2D eigenvalue weighted by Crippen LogP contribution is -2.00. The van der Waals surface area contributed by atoms with Crippen molar-refractivity contribution in [3.8, 4) is 5.75 Å². The van der Waals surface area contributed by atoms with Gasteiger partial charge in [-0.3, -0.25) is 14.9 Å². The number of nitro groups is 1. The van der Waals surface area contributed by atoms with Crippen molar-refractivity contribution in [2.45, 2.75) is 13.8 Å². The molecular weight excluding hydrogens is 318 g/mol. The van der Waals surface area contributed by atoms with Crippen molar-refractivity contribution in [3.05, 3.63) is 73.5 Å². The second kappa shape index (κ2) is 5.52. The zero-order valence-corrected chi connectivity index (χ0v) is 13.2. The van der Waals surface area contributed by atoms with Crippen LogP contribution in [-0.4, -0.2) is 10.7 Å². The first-order chi connectivity index (χ1) is 10.9. The molecule has 0 atom stereocenters. The SMILES string of the molecule is Cc1cc2c(c(C)c1Cl)C(=O)/C(=C/c1ccc([N+](=O)[O-])cc1)O2. The molecule has 2 aromatic rings. The third-order valence-electron chi connectivity index (χ3n) is 3.72. The van der Waals surface area contributed by atoms with Gasteiger partial charge < -0.3 is 4.74 Å². The highest BCUT2D eigenvalue weighted by atomic mass is 35.5. The van der Waals surface area contributed by atoms with Crippen LogP contribution < -0.4 is 4.74 Å². The van der Waals surface area contributed by atoms with Crippen molar-refractivity contribution in [1.82, 2.24) is 0 Å². The Morgan fingerprint density at radius 1 is 1.22 bits per heavy atom. The number of aryl methyl sites for hydroxylation is 1. The number of hydrogen-bond acceptors (Lipinski definition) is 4. The molecule has 0 amide bonds. The summed E-state index contributed by atoms with van der Waals surface area (Å²) >= 11 is 6.19. The molecule has 5 nitrogen and oxygen atoms in total. The van der Waals surface area contributed by atoms with Gasteiger partial charge in [-0.2, -0.15) is 0 Å². The molecule has 0 aliphatic carbocycles. The molecule has 23 heavy (non-hydrogen) atoms. The van der Waals surface area contributed by atoms with Crippen molar-refractivity contribution < 1.29 is 14.5 Å². The van der Waals surface area contributed by atoms with Gasteiger partial charge >= 0.3 is 0 Å². The first kappa shape index (κ1) is 15.2. The summed E-state index contributed by atoms with van der Waals surface area (Å²) in [6.07, 6.45) is 1.56. The standard InChI is InChI=1S/C17H12ClNO4/c1-9-7-13-15(10(2)16(9)18)17(20)14(23-13)8-11-3-5-12(6-4-11)19(21)22/h3-8H,1-2H3/b14-8-. The van der Waals surface area contributed by atoms with Crippen LogP contribution in [0.5, 0.6) is 5.75 Å². The van der Waals surface area contributed by atoms with Crippen molar-refractivity contribution in [2.75, 3.05) is 0 Å². The van der Waals surface area contributed by atoms with Crippen molar-refractivity contribution >= 4 is 29.1 Å². The number of halogens is 1. The molecule has 1 aliphatic rings. The minimum Gasteiger partial charge on any atom is -0.452 e. The maximum atomic E-state index is 12.5. The first-order valence-electron chi connectivity index (χ1n) is 6.87. The molecule has 3 rings (SSSR count). The van der Waals surface area contributed by atoms with E-state index in [1.807, 2.05) is 6.92 Å². The summed E-state index contributed by atoms with van der Waals surface area (Å²) in [6, 6.07) is 7.63. The van der Waals surface area contributed by atoms with Gasteiger partial charge in [0, 0.05) is 17.2 Å². The van der Waals surface area contributed by atoms with E-state index < -0.39 is 4.92 Å². The van der Waals surface area contributed by atoms with Crippen molar-refractivity contribution in [2.24, 2.45) is 0 Å². The molecule has 0 radical (unpaired) electrons. The fourth-order valence-electron chi connectivity index (χ4n) is 2.51. The molecule has 0 aromatic heterocycles. The number of nitro benzene ring substituents is 1. The molecule has 0 saturated carbocycles. The van der Waals surface area contributed by atoms with Crippen LogP contribution in [0.2, 0.25) is 5.02 Å². The number of carbonyl (C=O) groups is 1. The minimum atomic E-state index is -0.474. The van der Waals surface area contributed by atoms with Crippen LogP contribution in [0.15, 0.2) is 36.1 Å². The van der Waals surface area contributed by atoms with E-state index in [9.17, 15) is 14.9 Å². The number of nitrogens with zero attached hydrogens (tertiary/aromatic N) is 1. The maximum absolute atomic E-state index is 12.5. The molecule has 0 spiro atoms. The van der Waals surface area contributed by atoms with Gasteiger partial charge in [-0.25, -0.2) is 0 Å². The normalized spacial score (nSPS) is 14.7. The lowest BCUT2D eigenvalue weighted by atomic mass is 10.0. The van der Waals surface area contributed by atoms with E-state index in [1.165, 1.54) is 12.1 Å². The van der Waals surface area contributed by atoms with Gasteiger partial charge in [-0.15, -0.1) is 0 Å². The van der Waals surface area contributed by atoms with E-state index in [0.717, 1.165) is 5.56 Å². The molecule has 0 fully saturated rings. The topological polar surface area (TPSA) is 69.4 Å². The summed E-state index contributed by atoms with van der Waals surface area (Å²) in [5, 5.41) is 11.2. The smallest absolute Gasteiger partial charge is 0.269 e. The number of non-ortho nitro benzene ring substituents is 1. The van der Waals surface area contributed by atoms with Gasteiger partial charge in [0.05, 0.1) is 10.5 Å². The number of rotatable bonds is 2. The highest BCUT2D eigenvalue weighted by Crippen LogP contribution is 2.39. The van der Waals surface area contributed by atoms with Crippen molar-refractivity contribution in [3.63, 3.8) is 0 Å². The average Bonchev–Trinajstić information content (AvgIpc) is 2.81. The first-order valence-corrected chi connectivity index (χ1v) is 7.24. The fraction of sp³-hybridized carbons (Fsp3) is 0.118. The van der Waals surface area contributed by atoms with Gasteiger partial charge in [0.1, 0.15) is 5.75 Å². The number of ketones is 1. The molecule has 1 heterocycles. The summed E-state index contributed by atoms with van der Waals surface area (Å²) in [7, 11) is 0. The van der Waals surface area contributed by atoms with Gasteiger partial charge in [0.15, 0.2) is 5.76 Å². The van der Waals surface area contributed by atoms with E-state index in [1.54, 1.807) is 31.2 Å². The number of benzene rings is 2. The molecule has 2 aromatic carbocycles.